The molecule has 0 atom stereocenters. The number of nitrogen functional groups attached to an aromatic ring is 1. The molecule has 0 bridgehead atoms. The molecule has 0 aliphatic carbocycles. The SMILES string of the molecule is CCN(Cc1ccco1)C(=O)c1ccc(F)c(N)c1. The van der Waals surface area contributed by atoms with Crippen molar-refractivity contribution in [2.24, 2.45) is 0 Å². The number of halogens is 1. The lowest BCUT2D eigenvalue weighted by Gasteiger charge is -2.19. The molecule has 0 spiro atoms. The fourth-order valence-corrected chi connectivity index (χ4v) is 1.78. The largest absolute Gasteiger partial charge is 0.467 e. The zero-order valence-electron chi connectivity index (χ0n) is 10.6. The fraction of sp³-hybridized carbons (Fsp3) is 0.214. The van der Waals surface area contributed by atoms with Crippen LogP contribution in [0.25, 0.3) is 0 Å². The number of hydrogen-bond donors (Lipinski definition) is 1. The van der Waals surface area contributed by atoms with E-state index in [0.29, 0.717) is 24.4 Å². The van der Waals surface area contributed by atoms with Crippen LogP contribution in [0.15, 0.2) is 41.0 Å². The highest BCUT2D eigenvalue weighted by Crippen LogP contribution is 2.15. The van der Waals surface area contributed by atoms with Gasteiger partial charge in [-0.15, -0.1) is 0 Å². The van der Waals surface area contributed by atoms with Gasteiger partial charge < -0.3 is 15.1 Å². The molecular formula is C14H15FN2O2. The van der Waals surface area contributed by atoms with Gasteiger partial charge in [-0.3, -0.25) is 4.79 Å². The molecule has 0 radical (unpaired) electrons. The third kappa shape index (κ3) is 2.93. The highest BCUT2D eigenvalue weighted by Gasteiger charge is 2.16. The van der Waals surface area contributed by atoms with Crippen LogP contribution in [0.2, 0.25) is 0 Å². The van der Waals surface area contributed by atoms with Gasteiger partial charge >= 0.3 is 0 Å². The Labute approximate surface area is 110 Å². The lowest BCUT2D eigenvalue weighted by Crippen LogP contribution is -2.30. The van der Waals surface area contributed by atoms with E-state index in [4.69, 9.17) is 10.2 Å². The predicted octanol–water partition coefficient (Wildman–Crippen LogP) is 2.66. The van der Waals surface area contributed by atoms with Gasteiger partial charge in [0.2, 0.25) is 0 Å². The zero-order chi connectivity index (χ0) is 13.8. The minimum Gasteiger partial charge on any atom is -0.467 e. The molecular weight excluding hydrogens is 247 g/mol. The van der Waals surface area contributed by atoms with Crippen molar-refractivity contribution in [1.82, 2.24) is 4.90 Å². The van der Waals surface area contributed by atoms with Crippen molar-refractivity contribution in [2.75, 3.05) is 12.3 Å². The Morgan fingerprint density at radius 3 is 2.79 bits per heavy atom. The molecule has 1 aromatic carbocycles. The second-order valence-corrected chi connectivity index (χ2v) is 4.13. The summed E-state index contributed by atoms with van der Waals surface area (Å²) in [4.78, 5) is 13.9. The minimum absolute atomic E-state index is 0.0279. The first-order valence-corrected chi connectivity index (χ1v) is 5.98. The summed E-state index contributed by atoms with van der Waals surface area (Å²) >= 11 is 0. The highest BCUT2D eigenvalue weighted by molar-refractivity contribution is 5.95. The summed E-state index contributed by atoms with van der Waals surface area (Å²) in [5.74, 6) is -0.0264. The Morgan fingerprint density at radius 1 is 1.42 bits per heavy atom. The fourth-order valence-electron chi connectivity index (χ4n) is 1.78. The van der Waals surface area contributed by atoms with Crippen molar-refractivity contribution in [3.8, 4) is 0 Å². The molecule has 1 amide bonds. The van der Waals surface area contributed by atoms with Crippen molar-refractivity contribution in [2.45, 2.75) is 13.5 Å². The molecule has 0 aliphatic heterocycles. The van der Waals surface area contributed by atoms with E-state index >= 15 is 0 Å². The van der Waals surface area contributed by atoms with Crippen molar-refractivity contribution < 1.29 is 13.6 Å². The molecule has 0 saturated carbocycles. The Hall–Kier alpha value is -2.30. The van der Waals surface area contributed by atoms with Crippen LogP contribution in [0.3, 0.4) is 0 Å². The number of carbonyl (C=O) groups is 1. The Balaban J connectivity index is 2.18. The molecule has 0 fully saturated rings. The lowest BCUT2D eigenvalue weighted by molar-refractivity contribution is 0.0741. The van der Waals surface area contributed by atoms with Crippen molar-refractivity contribution >= 4 is 11.6 Å². The molecule has 2 N–H and O–H groups in total. The molecule has 100 valence electrons. The van der Waals surface area contributed by atoms with Gasteiger partial charge in [-0.05, 0) is 37.3 Å². The van der Waals surface area contributed by atoms with Crippen molar-refractivity contribution in [3.05, 3.63) is 53.7 Å². The van der Waals surface area contributed by atoms with Crippen LogP contribution in [0.4, 0.5) is 10.1 Å². The predicted molar refractivity (Wildman–Crippen MR) is 69.9 cm³/mol. The Kier molecular flexibility index (Phi) is 3.85. The second kappa shape index (κ2) is 5.56. The van der Waals surface area contributed by atoms with Crippen molar-refractivity contribution in [3.63, 3.8) is 0 Å². The van der Waals surface area contributed by atoms with E-state index in [-0.39, 0.29) is 11.6 Å². The number of anilines is 1. The Morgan fingerprint density at radius 2 is 2.21 bits per heavy atom. The van der Waals surface area contributed by atoms with E-state index < -0.39 is 5.82 Å². The third-order valence-corrected chi connectivity index (χ3v) is 2.84. The summed E-state index contributed by atoms with van der Waals surface area (Å²) in [5.41, 5.74) is 5.81. The number of amides is 1. The van der Waals surface area contributed by atoms with Crippen LogP contribution in [0.5, 0.6) is 0 Å². The van der Waals surface area contributed by atoms with Crippen molar-refractivity contribution in [1.29, 1.82) is 0 Å². The van der Waals surface area contributed by atoms with Crippen LogP contribution in [0.1, 0.15) is 23.0 Å². The lowest BCUT2D eigenvalue weighted by atomic mass is 10.1. The number of nitrogens with zero attached hydrogens (tertiary/aromatic N) is 1. The van der Waals surface area contributed by atoms with Crippen LogP contribution < -0.4 is 5.73 Å². The number of hydrogen-bond acceptors (Lipinski definition) is 3. The summed E-state index contributed by atoms with van der Waals surface area (Å²) in [6, 6.07) is 7.54. The summed E-state index contributed by atoms with van der Waals surface area (Å²) in [6.45, 7) is 2.77. The van der Waals surface area contributed by atoms with E-state index in [0.717, 1.165) is 0 Å². The topological polar surface area (TPSA) is 59.5 Å². The first kappa shape index (κ1) is 13.1. The summed E-state index contributed by atoms with van der Waals surface area (Å²) in [6.07, 6.45) is 1.56. The summed E-state index contributed by atoms with van der Waals surface area (Å²) in [7, 11) is 0. The van der Waals surface area contributed by atoms with Crippen LogP contribution in [-0.2, 0) is 6.54 Å². The maximum absolute atomic E-state index is 13.1. The highest BCUT2D eigenvalue weighted by atomic mass is 19.1. The molecule has 0 unspecified atom stereocenters. The van der Waals surface area contributed by atoms with E-state index in [1.54, 1.807) is 23.3 Å². The smallest absolute Gasteiger partial charge is 0.254 e. The molecule has 19 heavy (non-hydrogen) atoms. The molecule has 2 rings (SSSR count). The summed E-state index contributed by atoms with van der Waals surface area (Å²) < 4.78 is 18.3. The van der Waals surface area contributed by atoms with Gasteiger partial charge in [-0.25, -0.2) is 4.39 Å². The normalized spacial score (nSPS) is 10.4. The van der Waals surface area contributed by atoms with Gasteiger partial charge in [-0.2, -0.15) is 0 Å². The third-order valence-electron chi connectivity index (χ3n) is 2.84. The minimum atomic E-state index is -0.523. The molecule has 1 aromatic heterocycles. The van der Waals surface area contributed by atoms with Crippen LogP contribution in [0, 0.1) is 5.82 Å². The van der Waals surface area contributed by atoms with Gasteiger partial charge in [0.05, 0.1) is 18.5 Å². The van der Waals surface area contributed by atoms with Gasteiger partial charge in [0.15, 0.2) is 0 Å². The van der Waals surface area contributed by atoms with E-state index in [9.17, 15) is 9.18 Å². The zero-order valence-corrected chi connectivity index (χ0v) is 10.6. The molecule has 0 saturated heterocycles. The van der Waals surface area contributed by atoms with Gasteiger partial charge in [0.25, 0.3) is 5.91 Å². The average molecular weight is 262 g/mol. The van der Waals surface area contributed by atoms with E-state index in [2.05, 4.69) is 0 Å². The standard InChI is InChI=1S/C14H15FN2O2/c1-2-17(9-11-4-3-7-19-11)14(18)10-5-6-12(15)13(16)8-10/h3-8H,2,9,16H2,1H3. The number of nitrogens with two attached hydrogens (primary N) is 1. The first-order valence-electron chi connectivity index (χ1n) is 5.98. The molecule has 5 heteroatoms. The Bertz CT molecular complexity index is 567. The quantitative estimate of drug-likeness (QED) is 0.862. The number of carbonyl (C=O) groups excluding carboxylic acids is 1. The molecule has 1 heterocycles. The number of benzene rings is 1. The number of furan rings is 1. The first-order chi connectivity index (χ1) is 9.11. The maximum atomic E-state index is 13.1. The van der Waals surface area contributed by atoms with Gasteiger partial charge in [0, 0.05) is 12.1 Å². The summed E-state index contributed by atoms with van der Waals surface area (Å²) in [5, 5.41) is 0. The average Bonchev–Trinajstić information content (AvgIpc) is 2.91. The van der Waals surface area contributed by atoms with Gasteiger partial charge in [-0.1, -0.05) is 0 Å². The molecule has 4 nitrogen and oxygen atoms in total. The monoisotopic (exact) mass is 262 g/mol. The van der Waals surface area contributed by atoms with Crippen LogP contribution >= 0.6 is 0 Å². The molecule has 0 aliphatic rings. The van der Waals surface area contributed by atoms with Crippen LogP contribution in [-0.4, -0.2) is 17.4 Å². The molecule has 2 aromatic rings. The van der Waals surface area contributed by atoms with E-state index in [1.165, 1.54) is 18.2 Å². The van der Waals surface area contributed by atoms with E-state index in [1.807, 2.05) is 6.92 Å². The van der Waals surface area contributed by atoms with Gasteiger partial charge in [0.1, 0.15) is 11.6 Å². The maximum Gasteiger partial charge on any atom is 0.254 e. The number of rotatable bonds is 4. The second-order valence-electron chi connectivity index (χ2n) is 4.13.